The van der Waals surface area contributed by atoms with Gasteiger partial charge < -0.3 is 14.2 Å². The van der Waals surface area contributed by atoms with E-state index in [1.165, 1.54) is 33.5 Å². The van der Waals surface area contributed by atoms with Gasteiger partial charge in [-0.05, 0) is 41.8 Å². The molecule has 2 rings (SSSR count). The van der Waals surface area contributed by atoms with E-state index in [1.807, 2.05) is 0 Å². The highest BCUT2D eigenvalue weighted by atomic mass is 19.1. The summed E-state index contributed by atoms with van der Waals surface area (Å²) in [6.45, 7) is 0. The molecule has 0 bridgehead atoms. The van der Waals surface area contributed by atoms with E-state index in [0.717, 1.165) is 11.1 Å². The Morgan fingerprint density at radius 1 is 1.04 bits per heavy atom. The Kier molecular flexibility index (Phi) is 5.42. The Bertz CT molecular complexity index is 699. The maximum Gasteiger partial charge on any atom is 0.203 e. The van der Waals surface area contributed by atoms with Crippen molar-refractivity contribution in [1.29, 1.82) is 5.26 Å². The minimum absolute atomic E-state index is 0.316. The third kappa shape index (κ3) is 3.72. The molecule has 0 aromatic heterocycles. The van der Waals surface area contributed by atoms with Crippen LogP contribution in [0.25, 0.3) is 0 Å². The first kappa shape index (κ1) is 16.6. The van der Waals surface area contributed by atoms with Crippen LogP contribution in [0.4, 0.5) is 4.39 Å². The topological polar surface area (TPSA) is 51.5 Å². The summed E-state index contributed by atoms with van der Waals surface area (Å²) in [6.07, 6.45) is 0.396. The van der Waals surface area contributed by atoms with Crippen LogP contribution in [0.1, 0.15) is 17.0 Å². The number of benzene rings is 2. The van der Waals surface area contributed by atoms with Crippen LogP contribution in [0.3, 0.4) is 0 Å². The van der Waals surface area contributed by atoms with Gasteiger partial charge >= 0.3 is 0 Å². The molecular weight excluding hydrogens is 297 g/mol. The zero-order valence-electron chi connectivity index (χ0n) is 13.3. The molecule has 2 aromatic rings. The smallest absolute Gasteiger partial charge is 0.203 e. The minimum Gasteiger partial charge on any atom is -0.493 e. The Labute approximate surface area is 135 Å². The molecule has 0 saturated heterocycles. The van der Waals surface area contributed by atoms with Gasteiger partial charge in [0.25, 0.3) is 0 Å². The van der Waals surface area contributed by atoms with Crippen LogP contribution in [0.15, 0.2) is 36.4 Å². The van der Waals surface area contributed by atoms with Crippen LogP contribution in [-0.4, -0.2) is 21.3 Å². The van der Waals surface area contributed by atoms with Gasteiger partial charge in [-0.2, -0.15) is 5.26 Å². The summed E-state index contributed by atoms with van der Waals surface area (Å²) in [5.74, 6) is 0.679. The van der Waals surface area contributed by atoms with E-state index in [4.69, 9.17) is 14.2 Å². The number of rotatable bonds is 6. The fourth-order valence-corrected chi connectivity index (χ4v) is 2.44. The summed E-state index contributed by atoms with van der Waals surface area (Å²) in [5.41, 5.74) is 1.48. The van der Waals surface area contributed by atoms with E-state index in [9.17, 15) is 9.65 Å². The second-order valence-electron chi connectivity index (χ2n) is 4.97. The van der Waals surface area contributed by atoms with Crippen molar-refractivity contribution in [2.75, 3.05) is 21.3 Å². The maximum atomic E-state index is 13.3. The van der Waals surface area contributed by atoms with Crippen LogP contribution >= 0.6 is 0 Å². The molecule has 0 aliphatic carbocycles. The molecule has 120 valence electrons. The van der Waals surface area contributed by atoms with Crippen LogP contribution in [-0.2, 0) is 6.42 Å². The average Bonchev–Trinajstić information content (AvgIpc) is 2.58. The summed E-state index contributed by atoms with van der Waals surface area (Å²) in [5, 5.41) is 9.51. The first-order valence-corrected chi connectivity index (χ1v) is 7.06. The maximum absolute atomic E-state index is 13.3. The molecule has 0 aliphatic rings. The van der Waals surface area contributed by atoms with Gasteiger partial charge in [0.2, 0.25) is 5.75 Å². The molecule has 1 atom stereocenters. The van der Waals surface area contributed by atoms with Crippen molar-refractivity contribution < 1.29 is 18.6 Å². The van der Waals surface area contributed by atoms with Crippen LogP contribution in [0, 0.1) is 17.1 Å². The lowest BCUT2D eigenvalue weighted by Gasteiger charge is -2.16. The fourth-order valence-electron chi connectivity index (χ4n) is 2.44. The zero-order chi connectivity index (χ0) is 16.8. The van der Waals surface area contributed by atoms with E-state index in [0.29, 0.717) is 23.7 Å². The van der Waals surface area contributed by atoms with E-state index < -0.39 is 5.92 Å². The largest absolute Gasteiger partial charge is 0.493 e. The van der Waals surface area contributed by atoms with Crippen molar-refractivity contribution in [1.82, 2.24) is 0 Å². The lowest BCUT2D eigenvalue weighted by atomic mass is 9.92. The van der Waals surface area contributed by atoms with Crippen molar-refractivity contribution in [3.05, 3.63) is 53.3 Å². The molecule has 0 saturated carbocycles. The quantitative estimate of drug-likeness (QED) is 0.815. The molecular formula is C18H18FNO3. The fraction of sp³-hybridized carbons (Fsp3) is 0.278. The summed E-state index contributed by atoms with van der Waals surface area (Å²) in [7, 11) is 4.57. The Hall–Kier alpha value is -2.74. The molecule has 0 radical (unpaired) electrons. The first-order valence-electron chi connectivity index (χ1n) is 7.06. The molecule has 0 N–H and O–H groups in total. The minimum atomic E-state index is -0.453. The number of nitriles is 1. The molecule has 0 aliphatic heterocycles. The number of methoxy groups -OCH3 is 3. The van der Waals surface area contributed by atoms with Gasteiger partial charge in [0.05, 0.1) is 33.3 Å². The highest BCUT2D eigenvalue weighted by molar-refractivity contribution is 5.55. The monoisotopic (exact) mass is 315 g/mol. The molecule has 1 unspecified atom stereocenters. The molecule has 0 heterocycles. The Morgan fingerprint density at radius 2 is 1.70 bits per heavy atom. The predicted molar refractivity (Wildman–Crippen MR) is 84.6 cm³/mol. The van der Waals surface area contributed by atoms with E-state index >= 15 is 0 Å². The van der Waals surface area contributed by atoms with Crippen LogP contribution in [0.5, 0.6) is 17.2 Å². The molecule has 0 spiro atoms. The third-order valence-electron chi connectivity index (χ3n) is 3.57. The van der Waals surface area contributed by atoms with Gasteiger partial charge in [-0.3, -0.25) is 0 Å². The molecule has 2 aromatic carbocycles. The van der Waals surface area contributed by atoms with Crippen molar-refractivity contribution in [3.63, 3.8) is 0 Å². The van der Waals surface area contributed by atoms with Crippen molar-refractivity contribution in [2.45, 2.75) is 12.3 Å². The highest BCUT2D eigenvalue weighted by Gasteiger charge is 2.19. The second kappa shape index (κ2) is 7.50. The summed E-state index contributed by atoms with van der Waals surface area (Å²) in [6, 6.07) is 12.0. The van der Waals surface area contributed by atoms with Gasteiger partial charge in [-0.15, -0.1) is 0 Å². The number of ether oxygens (including phenoxy) is 3. The van der Waals surface area contributed by atoms with Gasteiger partial charge in [-0.1, -0.05) is 12.1 Å². The number of nitrogens with zero attached hydrogens (tertiary/aromatic N) is 1. The molecule has 5 heteroatoms. The number of hydrogen-bond donors (Lipinski definition) is 0. The third-order valence-corrected chi connectivity index (χ3v) is 3.57. The average molecular weight is 315 g/mol. The van der Waals surface area contributed by atoms with Gasteiger partial charge in [-0.25, -0.2) is 4.39 Å². The summed E-state index contributed by atoms with van der Waals surface area (Å²) >= 11 is 0. The van der Waals surface area contributed by atoms with E-state index in [2.05, 4.69) is 6.07 Å². The number of hydrogen-bond acceptors (Lipinski definition) is 4. The molecule has 23 heavy (non-hydrogen) atoms. The normalized spacial score (nSPS) is 11.4. The first-order chi connectivity index (χ1) is 11.1. The lowest BCUT2D eigenvalue weighted by Crippen LogP contribution is -2.03. The lowest BCUT2D eigenvalue weighted by molar-refractivity contribution is 0.323. The van der Waals surface area contributed by atoms with Crippen LogP contribution in [0.2, 0.25) is 0 Å². The summed E-state index contributed by atoms with van der Waals surface area (Å²) < 4.78 is 29.2. The second-order valence-corrected chi connectivity index (χ2v) is 4.97. The summed E-state index contributed by atoms with van der Waals surface area (Å²) in [4.78, 5) is 0. The standard InChI is InChI=1S/C18H18FNO3/c1-21-16-9-13(10-17(22-2)18(16)23-3)14(11-20)7-12-5-4-6-15(19)8-12/h4-6,8-10,14H,7H2,1-3H3. The van der Waals surface area contributed by atoms with Gasteiger partial charge in [0, 0.05) is 0 Å². The number of halogens is 1. The van der Waals surface area contributed by atoms with Gasteiger partial charge in [0.15, 0.2) is 11.5 Å². The predicted octanol–water partition coefficient (Wildman–Crippen LogP) is 3.70. The SMILES string of the molecule is COc1cc(C(C#N)Cc2cccc(F)c2)cc(OC)c1OC. The molecule has 4 nitrogen and oxygen atoms in total. The van der Waals surface area contributed by atoms with Crippen molar-refractivity contribution in [3.8, 4) is 23.3 Å². The Balaban J connectivity index is 2.40. The van der Waals surface area contributed by atoms with Crippen LogP contribution < -0.4 is 14.2 Å². The van der Waals surface area contributed by atoms with Gasteiger partial charge in [0.1, 0.15) is 5.82 Å². The molecule has 0 amide bonds. The molecule has 0 fully saturated rings. The highest BCUT2D eigenvalue weighted by Crippen LogP contribution is 2.40. The van der Waals surface area contributed by atoms with E-state index in [1.54, 1.807) is 24.3 Å². The van der Waals surface area contributed by atoms with Crippen molar-refractivity contribution >= 4 is 0 Å². The Morgan fingerprint density at radius 3 is 2.17 bits per heavy atom. The zero-order valence-corrected chi connectivity index (χ0v) is 13.3. The van der Waals surface area contributed by atoms with Crippen molar-refractivity contribution in [2.24, 2.45) is 0 Å². The van der Waals surface area contributed by atoms with E-state index in [-0.39, 0.29) is 5.82 Å².